The molecule has 0 radical (unpaired) electrons. The molecule has 3 rings (SSSR count). The minimum atomic E-state index is 0.208. The highest BCUT2D eigenvalue weighted by Gasteiger charge is 2.44. The molecule has 110 valence electrons. The van der Waals surface area contributed by atoms with Gasteiger partial charge in [0.2, 0.25) is 0 Å². The van der Waals surface area contributed by atoms with Crippen LogP contribution in [-0.2, 0) is 6.54 Å². The van der Waals surface area contributed by atoms with E-state index < -0.39 is 0 Å². The molecule has 1 aromatic heterocycles. The average molecular weight is 273 g/mol. The predicted octanol–water partition coefficient (Wildman–Crippen LogP) is 2.89. The fourth-order valence-electron chi connectivity index (χ4n) is 3.69. The van der Waals surface area contributed by atoms with Gasteiger partial charge < -0.3 is 5.32 Å². The second-order valence-electron chi connectivity index (χ2n) is 7.28. The molecule has 20 heavy (non-hydrogen) atoms. The second kappa shape index (κ2) is 5.12. The summed E-state index contributed by atoms with van der Waals surface area (Å²) in [6.07, 6.45) is 5.43. The Bertz CT molecular complexity index is 475. The summed E-state index contributed by atoms with van der Waals surface area (Å²) < 4.78 is 0. The molecule has 2 fully saturated rings. The molecular weight excluding hydrogens is 246 g/mol. The van der Waals surface area contributed by atoms with E-state index >= 15 is 0 Å². The van der Waals surface area contributed by atoms with Crippen molar-refractivity contribution in [1.29, 1.82) is 0 Å². The quantitative estimate of drug-likeness (QED) is 0.898. The van der Waals surface area contributed by atoms with Crippen molar-refractivity contribution >= 4 is 0 Å². The summed E-state index contributed by atoms with van der Waals surface area (Å²) in [5.74, 6) is 0. The van der Waals surface area contributed by atoms with Crippen LogP contribution in [0.15, 0.2) is 18.2 Å². The van der Waals surface area contributed by atoms with Crippen LogP contribution in [0.2, 0.25) is 0 Å². The predicted molar refractivity (Wildman–Crippen MR) is 82.7 cm³/mol. The van der Waals surface area contributed by atoms with Gasteiger partial charge >= 0.3 is 0 Å². The Kier molecular flexibility index (Phi) is 3.59. The number of nitrogens with zero attached hydrogens (tertiary/aromatic N) is 2. The highest BCUT2D eigenvalue weighted by Crippen LogP contribution is 2.36. The van der Waals surface area contributed by atoms with E-state index in [0.717, 1.165) is 25.3 Å². The number of hydrogen-bond donors (Lipinski definition) is 1. The third-order valence-corrected chi connectivity index (χ3v) is 5.11. The second-order valence-corrected chi connectivity index (χ2v) is 7.28. The number of hydrogen-bond acceptors (Lipinski definition) is 3. The van der Waals surface area contributed by atoms with Gasteiger partial charge in [0, 0.05) is 36.4 Å². The number of aromatic nitrogens is 1. The number of aryl methyl sites for hydroxylation is 1. The number of pyridine rings is 1. The minimum Gasteiger partial charge on any atom is -0.308 e. The third kappa shape index (κ3) is 2.75. The van der Waals surface area contributed by atoms with Crippen molar-refractivity contribution in [1.82, 2.24) is 15.2 Å². The zero-order chi connectivity index (χ0) is 14.2. The zero-order valence-electron chi connectivity index (χ0n) is 13.1. The Hall–Kier alpha value is -0.930. The summed E-state index contributed by atoms with van der Waals surface area (Å²) in [6.45, 7) is 9.98. The first-order chi connectivity index (χ1) is 9.49. The summed E-state index contributed by atoms with van der Waals surface area (Å²) in [5.41, 5.74) is 2.90. The first kappa shape index (κ1) is 14.0. The van der Waals surface area contributed by atoms with Crippen LogP contribution >= 0.6 is 0 Å². The van der Waals surface area contributed by atoms with E-state index in [0.29, 0.717) is 5.54 Å². The van der Waals surface area contributed by atoms with Gasteiger partial charge in [0.05, 0.1) is 5.69 Å². The first-order valence-electron chi connectivity index (χ1n) is 7.92. The van der Waals surface area contributed by atoms with E-state index in [1.807, 2.05) is 0 Å². The average Bonchev–Trinajstić information content (AvgIpc) is 2.84. The maximum atomic E-state index is 4.69. The molecule has 3 nitrogen and oxygen atoms in total. The first-order valence-corrected chi connectivity index (χ1v) is 7.92. The molecule has 1 aliphatic carbocycles. The van der Waals surface area contributed by atoms with Crippen LogP contribution < -0.4 is 5.32 Å². The lowest BCUT2D eigenvalue weighted by atomic mass is 9.87. The van der Waals surface area contributed by atoms with Crippen LogP contribution in [0, 0.1) is 6.92 Å². The van der Waals surface area contributed by atoms with Gasteiger partial charge in [0.1, 0.15) is 0 Å². The van der Waals surface area contributed by atoms with Gasteiger partial charge in [0.15, 0.2) is 0 Å². The van der Waals surface area contributed by atoms with E-state index in [4.69, 9.17) is 0 Å². The van der Waals surface area contributed by atoms with Gasteiger partial charge in [-0.1, -0.05) is 18.9 Å². The summed E-state index contributed by atoms with van der Waals surface area (Å²) in [4.78, 5) is 7.32. The van der Waals surface area contributed by atoms with Crippen molar-refractivity contribution in [2.24, 2.45) is 0 Å². The normalized spacial score (nSPS) is 25.1. The van der Waals surface area contributed by atoms with Gasteiger partial charge in [-0.15, -0.1) is 0 Å². The SMILES string of the molecule is Cc1cccc(CN2CC3(CCCC3)NCC2(C)C)n1. The molecule has 1 saturated heterocycles. The van der Waals surface area contributed by atoms with E-state index in [1.54, 1.807) is 0 Å². The smallest absolute Gasteiger partial charge is 0.0547 e. The van der Waals surface area contributed by atoms with Crippen molar-refractivity contribution in [3.63, 3.8) is 0 Å². The molecule has 1 aromatic rings. The zero-order valence-corrected chi connectivity index (χ0v) is 13.1. The monoisotopic (exact) mass is 273 g/mol. The third-order valence-electron chi connectivity index (χ3n) is 5.11. The van der Waals surface area contributed by atoms with E-state index in [9.17, 15) is 0 Å². The summed E-state index contributed by atoms with van der Waals surface area (Å²) in [7, 11) is 0. The number of rotatable bonds is 2. The van der Waals surface area contributed by atoms with Crippen LogP contribution in [0.3, 0.4) is 0 Å². The maximum Gasteiger partial charge on any atom is 0.0547 e. The molecule has 2 heterocycles. The molecule has 1 aliphatic heterocycles. The molecule has 0 bridgehead atoms. The Labute approximate surface area is 122 Å². The van der Waals surface area contributed by atoms with Crippen molar-refractivity contribution in [3.8, 4) is 0 Å². The molecule has 0 aromatic carbocycles. The molecule has 2 aliphatic rings. The van der Waals surface area contributed by atoms with Gasteiger partial charge in [-0.05, 0) is 45.7 Å². The summed E-state index contributed by atoms with van der Waals surface area (Å²) >= 11 is 0. The highest BCUT2D eigenvalue weighted by molar-refractivity contribution is 5.12. The molecule has 1 spiro atoms. The molecule has 0 atom stereocenters. The largest absolute Gasteiger partial charge is 0.308 e. The maximum absolute atomic E-state index is 4.69. The standard InChI is InChI=1S/C17H27N3/c1-14-7-6-8-15(19-14)11-20-13-17(9-4-5-10-17)18-12-16(20,2)3/h6-8,18H,4-5,9-13H2,1-3H3. The minimum absolute atomic E-state index is 0.208. The fourth-order valence-corrected chi connectivity index (χ4v) is 3.69. The molecule has 0 amide bonds. The van der Waals surface area contributed by atoms with Crippen molar-refractivity contribution < 1.29 is 0 Å². The van der Waals surface area contributed by atoms with E-state index in [1.165, 1.54) is 31.4 Å². The fraction of sp³-hybridized carbons (Fsp3) is 0.706. The number of nitrogens with one attached hydrogen (secondary N) is 1. The van der Waals surface area contributed by atoms with Gasteiger partial charge in [-0.25, -0.2) is 0 Å². The van der Waals surface area contributed by atoms with Crippen LogP contribution in [0.4, 0.5) is 0 Å². The van der Waals surface area contributed by atoms with E-state index in [2.05, 4.69) is 54.2 Å². The van der Waals surface area contributed by atoms with Gasteiger partial charge in [0.25, 0.3) is 0 Å². The van der Waals surface area contributed by atoms with Crippen molar-refractivity contribution in [2.45, 2.75) is 64.1 Å². The van der Waals surface area contributed by atoms with Crippen LogP contribution in [0.5, 0.6) is 0 Å². The van der Waals surface area contributed by atoms with Crippen molar-refractivity contribution in [2.75, 3.05) is 13.1 Å². The molecule has 1 saturated carbocycles. The lowest BCUT2D eigenvalue weighted by Crippen LogP contribution is -2.66. The Morgan fingerprint density at radius 3 is 2.70 bits per heavy atom. The molecule has 1 N–H and O–H groups in total. The summed E-state index contributed by atoms with van der Waals surface area (Å²) in [5, 5.41) is 3.85. The lowest BCUT2D eigenvalue weighted by Gasteiger charge is -2.51. The van der Waals surface area contributed by atoms with Gasteiger partial charge in [-0.2, -0.15) is 0 Å². The molecular formula is C17H27N3. The molecule has 0 unspecified atom stereocenters. The van der Waals surface area contributed by atoms with Crippen LogP contribution in [0.25, 0.3) is 0 Å². The van der Waals surface area contributed by atoms with Crippen LogP contribution in [-0.4, -0.2) is 34.1 Å². The summed E-state index contributed by atoms with van der Waals surface area (Å²) in [6, 6.07) is 6.36. The van der Waals surface area contributed by atoms with Crippen LogP contribution in [0.1, 0.15) is 50.9 Å². The highest BCUT2D eigenvalue weighted by atomic mass is 15.3. The topological polar surface area (TPSA) is 28.2 Å². The Morgan fingerprint density at radius 2 is 2.00 bits per heavy atom. The lowest BCUT2D eigenvalue weighted by molar-refractivity contribution is 0.0208. The Balaban J connectivity index is 1.78. The number of piperazine rings is 1. The van der Waals surface area contributed by atoms with E-state index in [-0.39, 0.29) is 5.54 Å². The Morgan fingerprint density at radius 1 is 1.25 bits per heavy atom. The van der Waals surface area contributed by atoms with Gasteiger partial charge in [-0.3, -0.25) is 9.88 Å². The molecule has 3 heteroatoms. The van der Waals surface area contributed by atoms with Crippen molar-refractivity contribution in [3.05, 3.63) is 29.6 Å².